The zero-order valence-corrected chi connectivity index (χ0v) is 23.7. The summed E-state index contributed by atoms with van der Waals surface area (Å²) in [6, 6.07) is 25.6. The molecule has 0 bridgehead atoms. The summed E-state index contributed by atoms with van der Waals surface area (Å²) in [5, 5.41) is 0.979. The molecule has 5 aromatic rings. The SMILES string of the molecule is COc1cc(C2c3c(oc4cc(C)c(C)cc4c3=O)C(=O)N2Cc2ccccc2Cl)ccc1OCc1ccccc1. The summed E-state index contributed by atoms with van der Waals surface area (Å²) < 4.78 is 17.9. The molecule has 0 spiro atoms. The molecule has 1 atom stereocenters. The van der Waals surface area contributed by atoms with Gasteiger partial charge in [0.25, 0.3) is 5.91 Å². The number of amides is 1. The van der Waals surface area contributed by atoms with Crippen molar-refractivity contribution in [1.29, 1.82) is 0 Å². The molecule has 1 amide bonds. The Morgan fingerprint density at radius 1 is 0.878 bits per heavy atom. The largest absolute Gasteiger partial charge is 0.493 e. The summed E-state index contributed by atoms with van der Waals surface area (Å²) in [6.07, 6.45) is 0. The van der Waals surface area contributed by atoms with E-state index in [1.165, 1.54) is 0 Å². The van der Waals surface area contributed by atoms with Crippen LogP contribution in [0.1, 0.15) is 50.0 Å². The number of halogens is 1. The van der Waals surface area contributed by atoms with Gasteiger partial charge in [-0.15, -0.1) is 0 Å². The van der Waals surface area contributed by atoms with Crippen LogP contribution in [-0.4, -0.2) is 17.9 Å². The Labute approximate surface area is 242 Å². The van der Waals surface area contributed by atoms with Crippen molar-refractivity contribution in [3.63, 3.8) is 0 Å². The van der Waals surface area contributed by atoms with E-state index in [9.17, 15) is 9.59 Å². The van der Waals surface area contributed by atoms with Gasteiger partial charge >= 0.3 is 0 Å². The third-order valence-corrected chi connectivity index (χ3v) is 7.99. The highest BCUT2D eigenvalue weighted by Gasteiger charge is 2.43. The Hall–Kier alpha value is -4.55. The minimum absolute atomic E-state index is 0.0474. The second kappa shape index (κ2) is 10.8. The lowest BCUT2D eigenvalue weighted by molar-refractivity contribution is 0.0714. The first kappa shape index (κ1) is 26.7. The number of carbonyl (C=O) groups excluding carboxylic acids is 1. The van der Waals surface area contributed by atoms with Gasteiger partial charge in [0, 0.05) is 11.6 Å². The summed E-state index contributed by atoms with van der Waals surface area (Å²) in [6.45, 7) is 4.46. The maximum atomic E-state index is 14.0. The average molecular weight is 566 g/mol. The molecule has 4 aromatic carbocycles. The van der Waals surface area contributed by atoms with Crippen LogP contribution in [0.5, 0.6) is 11.5 Å². The van der Waals surface area contributed by atoms with E-state index in [0.717, 1.165) is 22.3 Å². The molecule has 41 heavy (non-hydrogen) atoms. The predicted molar refractivity (Wildman–Crippen MR) is 159 cm³/mol. The lowest BCUT2D eigenvalue weighted by Gasteiger charge is -2.26. The second-order valence-electron chi connectivity index (χ2n) is 10.2. The Kier molecular flexibility index (Phi) is 7.01. The average Bonchev–Trinajstić information content (AvgIpc) is 3.25. The zero-order chi connectivity index (χ0) is 28.7. The molecule has 206 valence electrons. The van der Waals surface area contributed by atoms with Gasteiger partial charge in [-0.05, 0) is 72.0 Å². The zero-order valence-electron chi connectivity index (χ0n) is 22.9. The number of nitrogens with zero attached hydrogens (tertiary/aromatic N) is 1. The Bertz CT molecular complexity index is 1850. The number of ether oxygens (including phenoxy) is 2. The van der Waals surface area contributed by atoms with Crippen LogP contribution in [0.25, 0.3) is 11.0 Å². The van der Waals surface area contributed by atoms with Crippen molar-refractivity contribution in [3.05, 3.63) is 139 Å². The molecule has 6 rings (SSSR count). The number of aryl methyl sites for hydroxylation is 2. The molecule has 0 aliphatic carbocycles. The molecule has 2 heterocycles. The Morgan fingerprint density at radius 3 is 2.37 bits per heavy atom. The van der Waals surface area contributed by atoms with E-state index in [1.807, 2.05) is 92.7 Å². The fourth-order valence-corrected chi connectivity index (χ4v) is 5.50. The van der Waals surface area contributed by atoms with Crippen molar-refractivity contribution in [2.24, 2.45) is 0 Å². The van der Waals surface area contributed by atoms with Crippen LogP contribution < -0.4 is 14.9 Å². The van der Waals surface area contributed by atoms with E-state index < -0.39 is 6.04 Å². The van der Waals surface area contributed by atoms with Crippen LogP contribution in [0.4, 0.5) is 0 Å². The standard InChI is InChI=1S/C34H28ClNO5/c1-20-15-25-28(16-21(20)2)41-33-30(32(25)37)31(36(34(33)38)18-24-11-7-8-12-26(24)35)23-13-14-27(29(17-23)39-3)40-19-22-9-5-4-6-10-22/h4-17,31H,18-19H2,1-3H3. The van der Waals surface area contributed by atoms with Gasteiger partial charge in [-0.2, -0.15) is 0 Å². The smallest absolute Gasteiger partial charge is 0.291 e. The molecule has 1 aliphatic heterocycles. The fraction of sp³-hybridized carbons (Fsp3) is 0.176. The van der Waals surface area contributed by atoms with E-state index in [2.05, 4.69) is 0 Å². The van der Waals surface area contributed by atoms with Gasteiger partial charge in [-0.25, -0.2) is 0 Å². The lowest BCUT2D eigenvalue weighted by Crippen LogP contribution is -2.29. The van der Waals surface area contributed by atoms with Crippen LogP contribution in [0, 0.1) is 13.8 Å². The summed E-state index contributed by atoms with van der Waals surface area (Å²) in [5.41, 5.74) is 4.90. The van der Waals surface area contributed by atoms with Crippen LogP contribution in [0.2, 0.25) is 5.02 Å². The second-order valence-corrected chi connectivity index (χ2v) is 10.6. The molecule has 0 N–H and O–H groups in total. The van der Waals surface area contributed by atoms with Crippen LogP contribution in [0.3, 0.4) is 0 Å². The number of methoxy groups -OCH3 is 1. The number of hydrogen-bond acceptors (Lipinski definition) is 5. The first-order valence-corrected chi connectivity index (χ1v) is 13.7. The van der Waals surface area contributed by atoms with E-state index in [-0.39, 0.29) is 23.6 Å². The van der Waals surface area contributed by atoms with Gasteiger partial charge in [0.15, 0.2) is 16.9 Å². The number of fused-ring (bicyclic) bond motifs is 2. The number of hydrogen-bond donors (Lipinski definition) is 0. The van der Waals surface area contributed by atoms with Crippen LogP contribution >= 0.6 is 11.6 Å². The first-order valence-electron chi connectivity index (χ1n) is 13.3. The van der Waals surface area contributed by atoms with Gasteiger partial charge < -0.3 is 18.8 Å². The van der Waals surface area contributed by atoms with E-state index in [1.54, 1.807) is 18.1 Å². The predicted octanol–water partition coefficient (Wildman–Crippen LogP) is 7.40. The van der Waals surface area contributed by atoms with Crippen molar-refractivity contribution in [2.45, 2.75) is 33.0 Å². The number of rotatable bonds is 7. The molecule has 0 saturated heterocycles. The Morgan fingerprint density at radius 2 is 1.61 bits per heavy atom. The maximum Gasteiger partial charge on any atom is 0.291 e. The molecular formula is C34H28ClNO5. The summed E-state index contributed by atoms with van der Waals surface area (Å²) in [4.78, 5) is 29.6. The minimum Gasteiger partial charge on any atom is -0.493 e. The van der Waals surface area contributed by atoms with E-state index in [0.29, 0.717) is 45.2 Å². The first-order chi connectivity index (χ1) is 19.9. The fourth-order valence-electron chi connectivity index (χ4n) is 5.30. The van der Waals surface area contributed by atoms with Gasteiger partial charge in [-0.3, -0.25) is 9.59 Å². The van der Waals surface area contributed by atoms with Gasteiger partial charge in [-0.1, -0.05) is 66.2 Å². The normalized spacial score (nSPS) is 14.4. The number of benzene rings is 4. The van der Waals surface area contributed by atoms with Crippen LogP contribution in [-0.2, 0) is 13.2 Å². The molecule has 1 aromatic heterocycles. The van der Waals surface area contributed by atoms with Crippen molar-refractivity contribution < 1.29 is 18.7 Å². The lowest BCUT2D eigenvalue weighted by atomic mass is 9.97. The molecule has 0 saturated carbocycles. The number of carbonyl (C=O) groups is 1. The molecule has 6 nitrogen and oxygen atoms in total. The van der Waals surface area contributed by atoms with E-state index in [4.69, 9.17) is 25.5 Å². The highest BCUT2D eigenvalue weighted by atomic mass is 35.5. The monoisotopic (exact) mass is 565 g/mol. The quantitative estimate of drug-likeness (QED) is 0.206. The molecule has 7 heteroatoms. The summed E-state index contributed by atoms with van der Waals surface area (Å²) in [7, 11) is 1.57. The molecule has 0 fully saturated rings. The van der Waals surface area contributed by atoms with Crippen molar-refractivity contribution in [2.75, 3.05) is 7.11 Å². The maximum absolute atomic E-state index is 14.0. The van der Waals surface area contributed by atoms with E-state index >= 15 is 0 Å². The molecular weight excluding hydrogens is 538 g/mol. The topological polar surface area (TPSA) is 69.0 Å². The summed E-state index contributed by atoms with van der Waals surface area (Å²) >= 11 is 6.50. The third-order valence-electron chi connectivity index (χ3n) is 7.62. The van der Waals surface area contributed by atoms with Crippen LogP contribution in [0.15, 0.2) is 94.1 Å². The summed E-state index contributed by atoms with van der Waals surface area (Å²) in [5.74, 6) is 0.726. The van der Waals surface area contributed by atoms with Crippen molar-refractivity contribution in [1.82, 2.24) is 4.90 Å². The molecule has 0 radical (unpaired) electrons. The van der Waals surface area contributed by atoms with Gasteiger partial charge in [0.2, 0.25) is 5.76 Å². The van der Waals surface area contributed by atoms with Crippen molar-refractivity contribution in [3.8, 4) is 11.5 Å². The van der Waals surface area contributed by atoms with Crippen molar-refractivity contribution >= 4 is 28.5 Å². The molecule has 1 unspecified atom stereocenters. The minimum atomic E-state index is -0.715. The van der Waals surface area contributed by atoms with Gasteiger partial charge in [0.1, 0.15) is 12.2 Å². The highest BCUT2D eigenvalue weighted by Crippen LogP contribution is 2.42. The molecule has 1 aliphatic rings. The highest BCUT2D eigenvalue weighted by molar-refractivity contribution is 6.31. The Balaban J connectivity index is 1.48. The third kappa shape index (κ3) is 4.85. The van der Waals surface area contributed by atoms with Gasteiger partial charge in [0.05, 0.1) is 24.1 Å².